The summed E-state index contributed by atoms with van der Waals surface area (Å²) in [5.74, 6) is -0.672. The Labute approximate surface area is 179 Å². The van der Waals surface area contributed by atoms with Gasteiger partial charge in [-0.15, -0.1) is 0 Å². The third kappa shape index (κ3) is 4.65. The number of amides is 1. The van der Waals surface area contributed by atoms with Crippen LogP contribution in [-0.2, 0) is 30.4 Å². The van der Waals surface area contributed by atoms with Gasteiger partial charge in [0.2, 0.25) is 5.91 Å². The zero-order chi connectivity index (χ0) is 21.8. The Hall–Kier alpha value is -3.09. The van der Waals surface area contributed by atoms with E-state index in [4.69, 9.17) is 0 Å². The summed E-state index contributed by atoms with van der Waals surface area (Å²) in [5, 5.41) is 6.76. The molecule has 1 aliphatic carbocycles. The maximum atomic E-state index is 13.4. The van der Waals surface area contributed by atoms with Crippen LogP contribution in [0.5, 0.6) is 0 Å². The summed E-state index contributed by atoms with van der Waals surface area (Å²) >= 11 is 0. The summed E-state index contributed by atoms with van der Waals surface area (Å²) in [6.45, 7) is 0.418. The van der Waals surface area contributed by atoms with Crippen molar-refractivity contribution in [2.75, 3.05) is 6.54 Å². The molecule has 4 rings (SSSR count). The second-order valence-electron chi connectivity index (χ2n) is 7.75. The fraction of sp³-hybridized carbons (Fsp3) is 0.333. The Morgan fingerprint density at radius 3 is 2.13 bits per heavy atom. The van der Waals surface area contributed by atoms with Gasteiger partial charge in [0, 0.05) is 17.8 Å². The van der Waals surface area contributed by atoms with E-state index in [0.29, 0.717) is 24.1 Å². The van der Waals surface area contributed by atoms with Crippen LogP contribution in [0.15, 0.2) is 60.7 Å². The summed E-state index contributed by atoms with van der Waals surface area (Å²) in [5.41, 5.74) is 1.91. The first kappa shape index (κ1) is 21.2. The van der Waals surface area contributed by atoms with Crippen LogP contribution in [0.3, 0.4) is 0 Å². The van der Waals surface area contributed by atoms with E-state index in [0.717, 1.165) is 24.0 Å². The first-order valence-corrected chi connectivity index (χ1v) is 10.5. The summed E-state index contributed by atoms with van der Waals surface area (Å²) in [6.07, 6.45) is -1.87. The molecular weight excluding hydrogens is 403 g/mol. The standard InChI is InChI=1S/C24H24F3N3O/c25-24(26,27)22-19-13-7-8-14-20(19)30(29-22)16-15-28-23(31)21(17-9-3-1-4-10-17)18-11-5-2-6-12-18/h1-6,9-12,21H,7-8,13-16H2,(H,28,31). The van der Waals surface area contributed by atoms with Crippen LogP contribution in [-0.4, -0.2) is 22.2 Å². The minimum absolute atomic E-state index is 0.186. The van der Waals surface area contributed by atoms with E-state index in [9.17, 15) is 18.0 Å². The second-order valence-corrected chi connectivity index (χ2v) is 7.75. The first-order valence-electron chi connectivity index (χ1n) is 10.5. The Kier molecular flexibility index (Phi) is 6.11. The van der Waals surface area contributed by atoms with Crippen LogP contribution >= 0.6 is 0 Å². The SMILES string of the molecule is O=C(NCCn1nc(C(F)(F)F)c2c1CCCC2)C(c1ccccc1)c1ccccc1. The van der Waals surface area contributed by atoms with Crippen molar-refractivity contribution in [1.82, 2.24) is 15.1 Å². The Bertz CT molecular complexity index is 990. The highest BCUT2D eigenvalue weighted by atomic mass is 19.4. The monoisotopic (exact) mass is 427 g/mol. The van der Waals surface area contributed by atoms with Crippen molar-refractivity contribution in [3.8, 4) is 0 Å². The molecule has 1 heterocycles. The number of nitrogens with zero attached hydrogens (tertiary/aromatic N) is 2. The molecule has 0 radical (unpaired) electrons. The van der Waals surface area contributed by atoms with Crippen LogP contribution < -0.4 is 5.32 Å². The predicted octanol–water partition coefficient (Wildman–Crippen LogP) is 4.73. The maximum Gasteiger partial charge on any atom is 0.435 e. The molecule has 0 aliphatic heterocycles. The Balaban J connectivity index is 1.50. The highest BCUT2D eigenvalue weighted by molar-refractivity contribution is 5.87. The fourth-order valence-corrected chi connectivity index (χ4v) is 4.26. The first-order chi connectivity index (χ1) is 14.9. The molecular formula is C24H24F3N3O. The van der Waals surface area contributed by atoms with E-state index >= 15 is 0 Å². The number of alkyl halides is 3. The van der Waals surface area contributed by atoms with Crippen LogP contribution in [0.2, 0.25) is 0 Å². The molecule has 0 unspecified atom stereocenters. The fourth-order valence-electron chi connectivity index (χ4n) is 4.26. The highest BCUT2D eigenvalue weighted by Crippen LogP contribution is 2.35. The molecule has 2 aromatic carbocycles. The normalized spacial score (nSPS) is 13.8. The summed E-state index contributed by atoms with van der Waals surface area (Å²) < 4.78 is 41.6. The molecule has 4 nitrogen and oxygen atoms in total. The lowest BCUT2D eigenvalue weighted by molar-refractivity contribution is -0.142. The molecule has 0 spiro atoms. The van der Waals surface area contributed by atoms with Crippen molar-refractivity contribution >= 4 is 5.91 Å². The van der Waals surface area contributed by atoms with Crippen molar-refractivity contribution in [1.29, 1.82) is 0 Å². The van der Waals surface area contributed by atoms with E-state index in [1.165, 1.54) is 4.68 Å². The average Bonchev–Trinajstić information content (AvgIpc) is 3.15. The Morgan fingerprint density at radius 2 is 1.55 bits per heavy atom. The van der Waals surface area contributed by atoms with Gasteiger partial charge in [-0.3, -0.25) is 9.48 Å². The molecule has 0 saturated heterocycles. The molecule has 1 amide bonds. The number of hydrogen-bond acceptors (Lipinski definition) is 2. The van der Waals surface area contributed by atoms with E-state index in [1.54, 1.807) is 0 Å². The number of nitrogens with one attached hydrogen (secondary N) is 1. The number of rotatable bonds is 6. The number of halogens is 3. The molecule has 0 bridgehead atoms. The lowest BCUT2D eigenvalue weighted by atomic mass is 9.90. The summed E-state index contributed by atoms with van der Waals surface area (Å²) in [4.78, 5) is 13.1. The summed E-state index contributed by atoms with van der Waals surface area (Å²) in [7, 11) is 0. The lowest BCUT2D eigenvalue weighted by Crippen LogP contribution is -2.33. The highest BCUT2D eigenvalue weighted by Gasteiger charge is 2.39. The van der Waals surface area contributed by atoms with Crippen molar-refractivity contribution in [2.45, 2.75) is 44.3 Å². The molecule has 0 saturated carbocycles. The molecule has 7 heteroatoms. The minimum atomic E-state index is -4.46. The van der Waals surface area contributed by atoms with Crippen LogP contribution in [0, 0.1) is 0 Å². The average molecular weight is 427 g/mol. The number of carbonyl (C=O) groups is 1. The van der Waals surface area contributed by atoms with E-state index < -0.39 is 17.8 Å². The van der Waals surface area contributed by atoms with Crippen molar-refractivity contribution in [3.05, 3.63) is 88.7 Å². The van der Waals surface area contributed by atoms with Gasteiger partial charge in [-0.2, -0.15) is 18.3 Å². The van der Waals surface area contributed by atoms with Crippen LogP contribution in [0.25, 0.3) is 0 Å². The molecule has 1 aliphatic rings. The smallest absolute Gasteiger partial charge is 0.353 e. The number of carbonyl (C=O) groups excluding carboxylic acids is 1. The van der Waals surface area contributed by atoms with Gasteiger partial charge >= 0.3 is 6.18 Å². The van der Waals surface area contributed by atoms with Crippen molar-refractivity contribution in [2.24, 2.45) is 0 Å². The van der Waals surface area contributed by atoms with Gasteiger partial charge in [-0.05, 0) is 36.8 Å². The number of hydrogen-bond donors (Lipinski definition) is 1. The predicted molar refractivity (Wildman–Crippen MR) is 112 cm³/mol. The molecule has 0 atom stereocenters. The van der Waals surface area contributed by atoms with Gasteiger partial charge in [-0.1, -0.05) is 60.7 Å². The van der Waals surface area contributed by atoms with Gasteiger partial charge < -0.3 is 5.32 Å². The summed E-state index contributed by atoms with van der Waals surface area (Å²) in [6, 6.07) is 18.9. The van der Waals surface area contributed by atoms with Crippen molar-refractivity contribution in [3.63, 3.8) is 0 Å². The number of fused-ring (bicyclic) bond motifs is 1. The van der Waals surface area contributed by atoms with Gasteiger partial charge in [0.05, 0.1) is 12.5 Å². The lowest BCUT2D eigenvalue weighted by Gasteiger charge is -2.18. The quantitative estimate of drug-likeness (QED) is 0.618. The van der Waals surface area contributed by atoms with Gasteiger partial charge in [0.25, 0.3) is 0 Å². The molecule has 0 fully saturated rings. The van der Waals surface area contributed by atoms with E-state index in [-0.39, 0.29) is 19.0 Å². The number of benzene rings is 2. The van der Waals surface area contributed by atoms with Gasteiger partial charge in [-0.25, -0.2) is 0 Å². The molecule has 1 aromatic heterocycles. The number of aromatic nitrogens is 2. The second kappa shape index (κ2) is 8.96. The van der Waals surface area contributed by atoms with Crippen LogP contribution in [0.4, 0.5) is 13.2 Å². The molecule has 31 heavy (non-hydrogen) atoms. The Morgan fingerprint density at radius 1 is 0.968 bits per heavy atom. The maximum absolute atomic E-state index is 13.4. The van der Waals surface area contributed by atoms with E-state index in [1.807, 2.05) is 60.7 Å². The molecule has 3 aromatic rings. The third-order valence-corrected chi connectivity index (χ3v) is 5.68. The van der Waals surface area contributed by atoms with Crippen molar-refractivity contribution < 1.29 is 18.0 Å². The van der Waals surface area contributed by atoms with Crippen LogP contribution in [0.1, 0.15) is 46.8 Å². The topological polar surface area (TPSA) is 46.9 Å². The van der Waals surface area contributed by atoms with Gasteiger partial charge in [0.15, 0.2) is 5.69 Å². The molecule has 162 valence electrons. The molecule has 1 N–H and O–H groups in total. The van der Waals surface area contributed by atoms with Gasteiger partial charge in [0.1, 0.15) is 0 Å². The largest absolute Gasteiger partial charge is 0.435 e. The van der Waals surface area contributed by atoms with E-state index in [2.05, 4.69) is 10.4 Å². The third-order valence-electron chi connectivity index (χ3n) is 5.68. The zero-order valence-electron chi connectivity index (χ0n) is 17.0. The minimum Gasteiger partial charge on any atom is -0.353 e. The zero-order valence-corrected chi connectivity index (χ0v) is 17.0.